The van der Waals surface area contributed by atoms with Crippen LogP contribution in [0, 0.1) is 0 Å². The summed E-state index contributed by atoms with van der Waals surface area (Å²) in [5.41, 5.74) is 7.85. The van der Waals surface area contributed by atoms with Crippen molar-refractivity contribution in [3.8, 4) is 39.1 Å². The second kappa shape index (κ2) is 9.65. The van der Waals surface area contributed by atoms with Crippen molar-refractivity contribution in [1.29, 1.82) is 0 Å². The van der Waals surface area contributed by atoms with E-state index in [-0.39, 0.29) is 12.4 Å². The first-order valence-corrected chi connectivity index (χ1v) is 15.0. The predicted octanol–water partition coefficient (Wildman–Crippen LogP) is 10.9. The molecule has 2 heteroatoms. The number of ether oxygens (including phenoxy) is 1. The minimum atomic E-state index is 0.0254. The third-order valence-electron chi connectivity index (χ3n) is 9.12. The van der Waals surface area contributed by atoms with E-state index in [9.17, 15) is 4.79 Å². The second-order valence-electron chi connectivity index (χ2n) is 11.5. The van der Waals surface area contributed by atoms with Crippen molar-refractivity contribution in [2.75, 3.05) is 6.61 Å². The Morgan fingerprint density at radius 1 is 0.432 bits per heavy atom. The number of fused-ring (bicyclic) bond motifs is 3. The van der Waals surface area contributed by atoms with Gasteiger partial charge in [0.15, 0.2) is 6.61 Å². The third kappa shape index (κ3) is 3.71. The van der Waals surface area contributed by atoms with Gasteiger partial charge in [0, 0.05) is 10.9 Å². The van der Waals surface area contributed by atoms with E-state index < -0.39 is 0 Å². The van der Waals surface area contributed by atoms with Crippen LogP contribution in [0.25, 0.3) is 76.5 Å². The normalized spacial score (nSPS) is 12.7. The number of hydrogen-bond donors (Lipinski definition) is 0. The van der Waals surface area contributed by atoms with Crippen LogP contribution in [0.2, 0.25) is 0 Å². The molecule has 1 aliphatic heterocycles. The number of carbonyl (C=O) groups is 1. The molecule has 0 bridgehead atoms. The Bertz CT molecular complexity index is 2390. The van der Waals surface area contributed by atoms with Gasteiger partial charge in [0.1, 0.15) is 5.75 Å². The molecule has 44 heavy (non-hydrogen) atoms. The molecule has 8 aromatic carbocycles. The summed E-state index contributed by atoms with van der Waals surface area (Å²) in [6.45, 7) is 0.0890. The standard InChI is InChI=1S/C42H26O2/c43-38-25-44-39-23-22-36(35-14-7-15-37(38)42(35)39)41-33-12-5-3-10-31(33)40(32-11-4-6-13-34(32)41)28-19-16-27(17-20-28)30-21-18-26-8-1-2-9-29(26)24-30/h1-24H,25H2. The number of ketones is 1. The van der Waals surface area contributed by atoms with Crippen molar-refractivity contribution in [2.45, 2.75) is 0 Å². The van der Waals surface area contributed by atoms with Crippen LogP contribution in [0.1, 0.15) is 10.4 Å². The summed E-state index contributed by atoms with van der Waals surface area (Å²) in [6.07, 6.45) is 0. The van der Waals surface area contributed by atoms with Gasteiger partial charge in [-0.2, -0.15) is 0 Å². The van der Waals surface area contributed by atoms with E-state index in [4.69, 9.17) is 4.74 Å². The quantitative estimate of drug-likeness (QED) is 0.200. The molecule has 206 valence electrons. The smallest absolute Gasteiger partial charge is 0.200 e. The highest BCUT2D eigenvalue weighted by Crippen LogP contribution is 2.47. The van der Waals surface area contributed by atoms with Crippen LogP contribution in [-0.4, -0.2) is 12.4 Å². The molecule has 0 aliphatic carbocycles. The zero-order valence-corrected chi connectivity index (χ0v) is 23.9. The van der Waals surface area contributed by atoms with Crippen LogP contribution in [-0.2, 0) is 0 Å². The third-order valence-corrected chi connectivity index (χ3v) is 9.12. The van der Waals surface area contributed by atoms with Crippen molar-refractivity contribution >= 4 is 48.9 Å². The minimum absolute atomic E-state index is 0.0254. The molecule has 0 N–H and O–H groups in total. The zero-order valence-electron chi connectivity index (χ0n) is 23.9. The highest BCUT2D eigenvalue weighted by molar-refractivity contribution is 6.25. The fourth-order valence-corrected chi connectivity index (χ4v) is 7.09. The molecule has 0 amide bonds. The maximum Gasteiger partial charge on any atom is 0.200 e. The molecule has 0 saturated carbocycles. The first-order chi connectivity index (χ1) is 21.7. The van der Waals surface area contributed by atoms with Crippen molar-refractivity contribution in [1.82, 2.24) is 0 Å². The molecule has 2 nitrogen and oxygen atoms in total. The van der Waals surface area contributed by atoms with Crippen molar-refractivity contribution < 1.29 is 9.53 Å². The molecule has 0 unspecified atom stereocenters. The number of Topliss-reactive ketones (excluding diaryl/α,β-unsaturated/α-hetero) is 1. The summed E-state index contributed by atoms with van der Waals surface area (Å²) < 4.78 is 5.86. The number of rotatable bonds is 3. The predicted molar refractivity (Wildman–Crippen MR) is 183 cm³/mol. The molecule has 0 spiro atoms. The molecule has 8 aromatic rings. The number of benzene rings is 8. The highest BCUT2D eigenvalue weighted by atomic mass is 16.5. The van der Waals surface area contributed by atoms with Gasteiger partial charge in [0.2, 0.25) is 5.78 Å². The van der Waals surface area contributed by atoms with E-state index >= 15 is 0 Å². The molecular weight excluding hydrogens is 536 g/mol. The molecule has 0 radical (unpaired) electrons. The topological polar surface area (TPSA) is 26.3 Å². The van der Waals surface area contributed by atoms with Crippen molar-refractivity contribution in [3.05, 3.63) is 151 Å². The molecule has 0 saturated heterocycles. The van der Waals surface area contributed by atoms with Gasteiger partial charge in [-0.15, -0.1) is 0 Å². The van der Waals surface area contributed by atoms with Gasteiger partial charge in [-0.05, 0) is 83.2 Å². The van der Waals surface area contributed by atoms with Gasteiger partial charge in [-0.3, -0.25) is 4.79 Å². The maximum atomic E-state index is 12.8. The lowest BCUT2D eigenvalue weighted by molar-refractivity contribution is 0.0915. The van der Waals surface area contributed by atoms with Crippen molar-refractivity contribution in [2.24, 2.45) is 0 Å². The first-order valence-electron chi connectivity index (χ1n) is 15.0. The Morgan fingerprint density at radius 3 is 1.75 bits per heavy atom. The summed E-state index contributed by atoms with van der Waals surface area (Å²) in [7, 11) is 0. The molecule has 0 fully saturated rings. The Hall–Kier alpha value is -5.73. The summed E-state index contributed by atoms with van der Waals surface area (Å²) >= 11 is 0. The van der Waals surface area contributed by atoms with Gasteiger partial charge < -0.3 is 4.74 Å². The molecule has 0 atom stereocenters. The van der Waals surface area contributed by atoms with Gasteiger partial charge in [-0.25, -0.2) is 0 Å². The monoisotopic (exact) mass is 562 g/mol. The molecule has 9 rings (SSSR count). The lowest BCUT2D eigenvalue weighted by Gasteiger charge is -2.22. The Kier molecular flexibility index (Phi) is 5.45. The van der Waals surface area contributed by atoms with E-state index in [0.29, 0.717) is 0 Å². The summed E-state index contributed by atoms with van der Waals surface area (Å²) in [6, 6.07) is 51.7. The fraction of sp³-hybridized carbons (Fsp3) is 0.0238. The Morgan fingerprint density at radius 2 is 1.02 bits per heavy atom. The molecule has 1 aliphatic rings. The van der Waals surface area contributed by atoms with Crippen LogP contribution < -0.4 is 4.74 Å². The van der Waals surface area contributed by atoms with Gasteiger partial charge in [-0.1, -0.05) is 133 Å². The average molecular weight is 563 g/mol. The van der Waals surface area contributed by atoms with Gasteiger partial charge in [0.05, 0.1) is 0 Å². The summed E-state index contributed by atoms with van der Waals surface area (Å²) in [5, 5.41) is 9.21. The molecule has 1 heterocycles. The van der Waals surface area contributed by atoms with E-state index in [1.54, 1.807) is 0 Å². The van der Waals surface area contributed by atoms with Gasteiger partial charge >= 0.3 is 0 Å². The fourth-order valence-electron chi connectivity index (χ4n) is 7.09. The van der Waals surface area contributed by atoms with Crippen LogP contribution >= 0.6 is 0 Å². The minimum Gasteiger partial charge on any atom is -0.485 e. The molecular formula is C42H26O2. The van der Waals surface area contributed by atoms with E-state index in [0.717, 1.165) is 27.6 Å². The molecule has 0 aromatic heterocycles. The van der Waals surface area contributed by atoms with Crippen LogP contribution in [0.15, 0.2) is 146 Å². The zero-order chi connectivity index (χ0) is 29.2. The largest absolute Gasteiger partial charge is 0.485 e. The number of hydrogen-bond acceptors (Lipinski definition) is 2. The summed E-state index contributed by atoms with van der Waals surface area (Å²) in [5.74, 6) is 0.799. The van der Waals surface area contributed by atoms with E-state index in [1.807, 2.05) is 18.2 Å². The SMILES string of the molecule is O=C1COc2ccc(-c3c4ccccc4c(-c4ccc(-c5ccc6ccccc6c5)cc4)c4ccccc34)c3cccc1c23. The first kappa shape index (κ1) is 24.8. The van der Waals surface area contributed by atoms with Crippen molar-refractivity contribution in [3.63, 3.8) is 0 Å². The van der Waals surface area contributed by atoms with Crippen LogP contribution in [0.5, 0.6) is 5.75 Å². The Labute approximate surface area is 254 Å². The van der Waals surface area contributed by atoms with Crippen LogP contribution in [0.4, 0.5) is 0 Å². The van der Waals surface area contributed by atoms with Crippen LogP contribution in [0.3, 0.4) is 0 Å². The Balaban J connectivity index is 1.28. The maximum absolute atomic E-state index is 12.8. The van der Waals surface area contributed by atoms with E-state index in [1.165, 1.54) is 60.1 Å². The second-order valence-corrected chi connectivity index (χ2v) is 11.5. The van der Waals surface area contributed by atoms with E-state index in [2.05, 4.69) is 127 Å². The summed E-state index contributed by atoms with van der Waals surface area (Å²) in [4.78, 5) is 12.8. The highest BCUT2D eigenvalue weighted by Gasteiger charge is 2.24. The lowest BCUT2D eigenvalue weighted by Crippen LogP contribution is -2.17. The number of carbonyl (C=O) groups excluding carboxylic acids is 1. The average Bonchev–Trinajstić information content (AvgIpc) is 3.09. The lowest BCUT2D eigenvalue weighted by atomic mass is 9.83. The van der Waals surface area contributed by atoms with Gasteiger partial charge in [0.25, 0.3) is 0 Å².